The molecule has 3 saturated heterocycles. The van der Waals surface area contributed by atoms with Crippen molar-refractivity contribution in [3.8, 4) is 0 Å². The van der Waals surface area contributed by atoms with Crippen molar-refractivity contribution in [2.45, 2.75) is 37.1 Å². The number of piperidine rings is 1. The van der Waals surface area contributed by atoms with Crippen LogP contribution in [-0.4, -0.2) is 83.1 Å². The number of nitrogens with zero attached hydrogens (tertiary/aromatic N) is 4. The van der Waals surface area contributed by atoms with Gasteiger partial charge >= 0.3 is 0 Å². The van der Waals surface area contributed by atoms with Gasteiger partial charge < -0.3 is 24.8 Å². The monoisotopic (exact) mass is 437 g/mol. The minimum absolute atomic E-state index is 0.0179. The van der Waals surface area contributed by atoms with E-state index < -0.39 is 23.1 Å². The van der Waals surface area contributed by atoms with Crippen molar-refractivity contribution < 1.29 is 19.1 Å². The van der Waals surface area contributed by atoms with Crippen molar-refractivity contribution in [2.75, 3.05) is 38.1 Å². The fraction of sp³-hybridized carbons (Fsp3) is 0.565. The topological polar surface area (TPSA) is 95.1 Å². The van der Waals surface area contributed by atoms with Gasteiger partial charge in [0.25, 0.3) is 5.91 Å². The van der Waals surface area contributed by atoms with Crippen LogP contribution in [0.3, 0.4) is 0 Å². The molecular formula is C23H27N5O4. The van der Waals surface area contributed by atoms with Gasteiger partial charge in [0.05, 0.1) is 30.0 Å². The summed E-state index contributed by atoms with van der Waals surface area (Å²) in [6.07, 6.45) is 6.48. The standard InChI is InChI=1S/C23H27N5O4/c1-3-27-13-22-7-6-15(32-22)16(17(22)21(27)31)20(30)28-11-8-23(9-12-28)25-19(29)14-5-4-10-24-18(14)26(23)2/h4-7,10,15-17H,3,8-9,11-13H2,1-2H3,(H,25,29)/t15-,16+,17-,22+/m1/s1. The van der Waals surface area contributed by atoms with Crippen LogP contribution in [0, 0.1) is 11.8 Å². The van der Waals surface area contributed by atoms with Crippen LogP contribution >= 0.6 is 0 Å². The molecule has 9 nitrogen and oxygen atoms in total. The van der Waals surface area contributed by atoms with E-state index in [1.165, 1.54) is 0 Å². The number of pyridine rings is 1. The number of fused-ring (bicyclic) bond motifs is 2. The van der Waals surface area contributed by atoms with E-state index in [4.69, 9.17) is 4.74 Å². The highest BCUT2D eigenvalue weighted by Crippen LogP contribution is 2.52. The van der Waals surface area contributed by atoms with Crippen LogP contribution in [0.2, 0.25) is 0 Å². The Morgan fingerprint density at radius 3 is 2.84 bits per heavy atom. The van der Waals surface area contributed by atoms with Crippen LogP contribution in [0.4, 0.5) is 5.82 Å². The van der Waals surface area contributed by atoms with Crippen molar-refractivity contribution in [1.29, 1.82) is 0 Å². The van der Waals surface area contributed by atoms with Gasteiger partial charge in [0.15, 0.2) is 0 Å². The molecule has 6 rings (SSSR count). The van der Waals surface area contributed by atoms with E-state index in [0.29, 0.717) is 50.4 Å². The summed E-state index contributed by atoms with van der Waals surface area (Å²) in [4.78, 5) is 49.4. The highest BCUT2D eigenvalue weighted by molar-refractivity contribution is 6.01. The molecule has 0 saturated carbocycles. The molecule has 4 atom stereocenters. The predicted molar refractivity (Wildman–Crippen MR) is 115 cm³/mol. The van der Waals surface area contributed by atoms with Gasteiger partial charge in [-0.3, -0.25) is 14.4 Å². The zero-order valence-corrected chi connectivity index (χ0v) is 18.3. The number of aromatic nitrogens is 1. The smallest absolute Gasteiger partial charge is 0.256 e. The fourth-order valence-corrected chi connectivity index (χ4v) is 6.30. The zero-order valence-electron chi connectivity index (χ0n) is 18.3. The second kappa shape index (κ2) is 6.54. The number of nitrogens with one attached hydrogen (secondary N) is 1. The Hall–Kier alpha value is -2.94. The van der Waals surface area contributed by atoms with Gasteiger partial charge in [0.1, 0.15) is 17.1 Å². The molecule has 5 aliphatic heterocycles. The molecule has 32 heavy (non-hydrogen) atoms. The van der Waals surface area contributed by atoms with E-state index in [0.717, 1.165) is 0 Å². The SMILES string of the molecule is CCN1C[C@]23C=C[C@@H](O2)[C@H](C(=O)N2CCC4(CC2)NC(=O)c2cccnc2N4C)[C@@H]3C1=O. The molecule has 1 aromatic heterocycles. The van der Waals surface area contributed by atoms with Crippen molar-refractivity contribution in [2.24, 2.45) is 11.8 Å². The Morgan fingerprint density at radius 2 is 2.09 bits per heavy atom. The second-order valence-electron chi connectivity index (χ2n) is 9.50. The molecule has 1 N–H and O–H groups in total. The number of hydrogen-bond acceptors (Lipinski definition) is 6. The van der Waals surface area contributed by atoms with E-state index in [-0.39, 0.29) is 23.8 Å². The molecule has 0 unspecified atom stereocenters. The van der Waals surface area contributed by atoms with Gasteiger partial charge in [-0.2, -0.15) is 0 Å². The van der Waals surface area contributed by atoms with E-state index in [1.54, 1.807) is 23.2 Å². The molecule has 0 aliphatic carbocycles. The van der Waals surface area contributed by atoms with Gasteiger partial charge in [-0.15, -0.1) is 0 Å². The Balaban J connectivity index is 1.21. The summed E-state index contributed by atoms with van der Waals surface area (Å²) in [6.45, 7) is 4.10. The lowest BCUT2D eigenvalue weighted by atomic mass is 9.76. The van der Waals surface area contributed by atoms with Crippen LogP contribution in [0.5, 0.6) is 0 Å². The van der Waals surface area contributed by atoms with Gasteiger partial charge in [-0.1, -0.05) is 12.2 Å². The molecule has 5 aliphatic rings. The largest absolute Gasteiger partial charge is 0.360 e. The van der Waals surface area contributed by atoms with E-state index in [9.17, 15) is 14.4 Å². The highest BCUT2D eigenvalue weighted by atomic mass is 16.5. The minimum Gasteiger partial charge on any atom is -0.360 e. The minimum atomic E-state index is -0.651. The summed E-state index contributed by atoms with van der Waals surface area (Å²) < 4.78 is 6.20. The molecule has 9 heteroatoms. The lowest BCUT2D eigenvalue weighted by molar-refractivity contribution is -0.144. The first-order valence-corrected chi connectivity index (χ1v) is 11.4. The number of carbonyl (C=O) groups is 3. The molecule has 2 bridgehead atoms. The summed E-state index contributed by atoms with van der Waals surface area (Å²) in [5, 5.41) is 3.16. The summed E-state index contributed by atoms with van der Waals surface area (Å²) >= 11 is 0. The first-order chi connectivity index (χ1) is 15.4. The third-order valence-electron chi connectivity index (χ3n) is 8.09. The van der Waals surface area contributed by atoms with Gasteiger partial charge in [-0.05, 0) is 19.1 Å². The van der Waals surface area contributed by atoms with Crippen LogP contribution < -0.4 is 10.2 Å². The van der Waals surface area contributed by atoms with Gasteiger partial charge in [0.2, 0.25) is 11.8 Å². The van der Waals surface area contributed by atoms with Gasteiger partial charge in [-0.25, -0.2) is 4.98 Å². The Kier molecular flexibility index (Phi) is 4.03. The van der Waals surface area contributed by atoms with E-state index >= 15 is 0 Å². The number of ether oxygens (including phenoxy) is 1. The van der Waals surface area contributed by atoms with Crippen molar-refractivity contribution in [1.82, 2.24) is 20.1 Å². The number of likely N-dealkylation sites (N-methyl/N-ethyl adjacent to an activating group) is 1. The highest BCUT2D eigenvalue weighted by Gasteiger charge is 2.67. The molecule has 0 radical (unpaired) electrons. The number of hydrogen-bond donors (Lipinski definition) is 1. The molecule has 2 spiro atoms. The summed E-state index contributed by atoms with van der Waals surface area (Å²) in [5.41, 5.74) is -0.651. The molecule has 3 fully saturated rings. The maximum Gasteiger partial charge on any atom is 0.256 e. The van der Waals surface area contributed by atoms with E-state index in [2.05, 4.69) is 10.3 Å². The lowest BCUT2D eigenvalue weighted by Gasteiger charge is -2.51. The summed E-state index contributed by atoms with van der Waals surface area (Å²) in [7, 11) is 1.94. The number of anilines is 1. The maximum absolute atomic E-state index is 13.6. The first kappa shape index (κ1) is 19.7. The first-order valence-electron chi connectivity index (χ1n) is 11.4. The summed E-state index contributed by atoms with van der Waals surface area (Å²) in [6, 6.07) is 3.53. The van der Waals surface area contributed by atoms with Crippen LogP contribution in [-0.2, 0) is 14.3 Å². The predicted octanol–water partition coefficient (Wildman–Crippen LogP) is 0.382. The lowest BCUT2D eigenvalue weighted by Crippen LogP contribution is -2.67. The van der Waals surface area contributed by atoms with E-state index in [1.807, 2.05) is 35.9 Å². The molecule has 168 valence electrons. The summed E-state index contributed by atoms with van der Waals surface area (Å²) in [5.74, 6) is -0.367. The second-order valence-corrected chi connectivity index (χ2v) is 9.50. The fourth-order valence-electron chi connectivity index (χ4n) is 6.30. The van der Waals surface area contributed by atoms with Crippen LogP contribution in [0.25, 0.3) is 0 Å². The molecule has 3 amide bonds. The Morgan fingerprint density at radius 1 is 1.31 bits per heavy atom. The van der Waals surface area contributed by atoms with Crippen molar-refractivity contribution in [3.63, 3.8) is 0 Å². The molecule has 1 aromatic rings. The average Bonchev–Trinajstić information content (AvgIpc) is 3.45. The normalized spacial score (nSPS) is 34.2. The average molecular weight is 438 g/mol. The zero-order chi connectivity index (χ0) is 22.3. The molecule has 6 heterocycles. The number of likely N-dealkylation sites (tertiary alicyclic amines) is 2. The Bertz CT molecular complexity index is 1050. The molecular weight excluding hydrogens is 410 g/mol. The van der Waals surface area contributed by atoms with Crippen molar-refractivity contribution in [3.05, 3.63) is 36.0 Å². The van der Waals surface area contributed by atoms with Crippen molar-refractivity contribution >= 4 is 23.5 Å². The number of rotatable bonds is 2. The number of carbonyl (C=O) groups excluding carboxylic acids is 3. The van der Waals surface area contributed by atoms with Crippen LogP contribution in [0.1, 0.15) is 30.1 Å². The number of amides is 3. The third kappa shape index (κ3) is 2.42. The Labute approximate surface area is 186 Å². The third-order valence-corrected chi connectivity index (χ3v) is 8.09. The van der Waals surface area contributed by atoms with Crippen LogP contribution in [0.15, 0.2) is 30.5 Å². The quantitative estimate of drug-likeness (QED) is 0.673. The maximum atomic E-state index is 13.6. The van der Waals surface area contributed by atoms with Gasteiger partial charge in [0, 0.05) is 45.7 Å². The molecule has 0 aromatic carbocycles.